The zero-order valence-electron chi connectivity index (χ0n) is 10.1. The lowest BCUT2D eigenvalue weighted by Crippen LogP contribution is -2.45. The summed E-state index contributed by atoms with van der Waals surface area (Å²) in [5.74, 6) is 0. The average Bonchev–Trinajstić information content (AvgIpc) is 2.35. The summed E-state index contributed by atoms with van der Waals surface area (Å²) in [5.41, 5.74) is 1.24. The Kier molecular flexibility index (Phi) is 4.69. The maximum absolute atomic E-state index is 6.02. The number of halogens is 2. The van der Waals surface area contributed by atoms with Crippen molar-refractivity contribution in [1.29, 1.82) is 0 Å². The molecule has 2 rings (SSSR count). The predicted octanol–water partition coefficient (Wildman–Crippen LogP) is 3.13. The van der Waals surface area contributed by atoms with E-state index in [-0.39, 0.29) is 0 Å². The van der Waals surface area contributed by atoms with Gasteiger partial charge in [0.05, 0.1) is 10.0 Å². The van der Waals surface area contributed by atoms with Crippen LogP contribution >= 0.6 is 23.2 Å². The fraction of sp³-hybridized carbons (Fsp3) is 0.538. The van der Waals surface area contributed by atoms with Crippen molar-refractivity contribution in [3.05, 3.63) is 33.8 Å². The van der Waals surface area contributed by atoms with Crippen molar-refractivity contribution in [1.82, 2.24) is 9.80 Å². The van der Waals surface area contributed by atoms with Gasteiger partial charge in [-0.1, -0.05) is 36.2 Å². The van der Waals surface area contributed by atoms with Crippen LogP contribution in [0.5, 0.6) is 0 Å². The van der Waals surface area contributed by atoms with Gasteiger partial charge in [-0.05, 0) is 24.2 Å². The van der Waals surface area contributed by atoms with Gasteiger partial charge >= 0.3 is 0 Å². The standard InChI is InChI=1S/C13H18Cl2N2/c1-2-16-5-7-17(8-6-16)10-11-3-4-12(14)13(15)9-11/h3-4,9H,2,5-8,10H2,1H3. The van der Waals surface area contributed by atoms with Gasteiger partial charge in [0.1, 0.15) is 0 Å². The van der Waals surface area contributed by atoms with Crippen molar-refractivity contribution in [2.24, 2.45) is 0 Å². The molecule has 0 amide bonds. The van der Waals surface area contributed by atoms with Crippen LogP contribution in [-0.4, -0.2) is 42.5 Å². The van der Waals surface area contributed by atoms with Gasteiger partial charge in [-0.25, -0.2) is 0 Å². The molecule has 1 aromatic carbocycles. The second kappa shape index (κ2) is 6.05. The van der Waals surface area contributed by atoms with Gasteiger partial charge in [-0.15, -0.1) is 0 Å². The molecular weight excluding hydrogens is 255 g/mol. The lowest BCUT2D eigenvalue weighted by molar-refractivity contribution is 0.132. The molecule has 0 aromatic heterocycles. The van der Waals surface area contributed by atoms with E-state index >= 15 is 0 Å². The first-order chi connectivity index (χ1) is 8.19. The third kappa shape index (κ3) is 3.59. The molecule has 0 spiro atoms. The summed E-state index contributed by atoms with van der Waals surface area (Å²) >= 11 is 11.9. The SMILES string of the molecule is CCN1CCN(Cc2ccc(Cl)c(Cl)c2)CC1. The van der Waals surface area contributed by atoms with Crippen LogP contribution in [-0.2, 0) is 6.54 Å². The predicted molar refractivity (Wildman–Crippen MR) is 73.9 cm³/mol. The Morgan fingerprint density at radius 3 is 2.24 bits per heavy atom. The van der Waals surface area contributed by atoms with Crippen molar-refractivity contribution in [3.63, 3.8) is 0 Å². The Morgan fingerprint density at radius 1 is 1.00 bits per heavy atom. The first-order valence-corrected chi connectivity index (χ1v) is 6.83. The van der Waals surface area contributed by atoms with Gasteiger partial charge in [0.25, 0.3) is 0 Å². The van der Waals surface area contributed by atoms with Gasteiger partial charge < -0.3 is 4.90 Å². The van der Waals surface area contributed by atoms with Crippen LogP contribution in [0.3, 0.4) is 0 Å². The summed E-state index contributed by atoms with van der Waals surface area (Å²) in [6.45, 7) is 8.93. The maximum atomic E-state index is 6.02. The van der Waals surface area contributed by atoms with Crippen LogP contribution in [0.1, 0.15) is 12.5 Å². The summed E-state index contributed by atoms with van der Waals surface area (Å²) in [4.78, 5) is 4.94. The van der Waals surface area contributed by atoms with E-state index in [0.717, 1.165) is 39.3 Å². The zero-order valence-corrected chi connectivity index (χ0v) is 11.6. The zero-order chi connectivity index (χ0) is 12.3. The summed E-state index contributed by atoms with van der Waals surface area (Å²) in [5, 5.41) is 1.28. The van der Waals surface area contributed by atoms with E-state index in [1.54, 1.807) is 0 Å². The van der Waals surface area contributed by atoms with Crippen LogP contribution in [0, 0.1) is 0 Å². The smallest absolute Gasteiger partial charge is 0.0595 e. The van der Waals surface area contributed by atoms with Crippen molar-refractivity contribution in [3.8, 4) is 0 Å². The van der Waals surface area contributed by atoms with Gasteiger partial charge in [-0.2, -0.15) is 0 Å². The molecule has 2 nitrogen and oxygen atoms in total. The van der Waals surface area contributed by atoms with E-state index in [4.69, 9.17) is 23.2 Å². The minimum absolute atomic E-state index is 0.631. The molecule has 1 fully saturated rings. The molecule has 17 heavy (non-hydrogen) atoms. The van der Waals surface area contributed by atoms with Gasteiger partial charge in [-0.3, -0.25) is 4.90 Å². The van der Waals surface area contributed by atoms with E-state index in [0.29, 0.717) is 10.0 Å². The van der Waals surface area contributed by atoms with E-state index < -0.39 is 0 Å². The highest BCUT2D eigenvalue weighted by molar-refractivity contribution is 6.42. The molecule has 1 aromatic rings. The topological polar surface area (TPSA) is 6.48 Å². The Labute approximate surface area is 113 Å². The summed E-state index contributed by atoms with van der Waals surface area (Å²) < 4.78 is 0. The number of hydrogen-bond donors (Lipinski definition) is 0. The molecule has 0 unspecified atom stereocenters. The molecule has 1 heterocycles. The molecule has 0 N–H and O–H groups in total. The van der Waals surface area contributed by atoms with Gasteiger partial charge in [0.2, 0.25) is 0 Å². The third-order valence-electron chi connectivity index (χ3n) is 3.30. The van der Waals surface area contributed by atoms with Crippen molar-refractivity contribution < 1.29 is 0 Å². The van der Waals surface area contributed by atoms with Crippen LogP contribution < -0.4 is 0 Å². The summed E-state index contributed by atoms with van der Waals surface area (Å²) in [6, 6.07) is 5.90. The summed E-state index contributed by atoms with van der Waals surface area (Å²) in [6.07, 6.45) is 0. The van der Waals surface area contributed by atoms with Crippen molar-refractivity contribution >= 4 is 23.2 Å². The molecule has 0 radical (unpaired) electrons. The Bertz CT molecular complexity index is 374. The van der Waals surface area contributed by atoms with Gasteiger partial charge in [0, 0.05) is 32.7 Å². The minimum Gasteiger partial charge on any atom is -0.301 e. The Balaban J connectivity index is 1.91. The average molecular weight is 273 g/mol. The maximum Gasteiger partial charge on any atom is 0.0595 e. The minimum atomic E-state index is 0.631. The largest absolute Gasteiger partial charge is 0.301 e. The number of piperazine rings is 1. The highest BCUT2D eigenvalue weighted by Crippen LogP contribution is 2.23. The van der Waals surface area contributed by atoms with E-state index in [1.165, 1.54) is 5.56 Å². The van der Waals surface area contributed by atoms with Crippen LogP contribution in [0.2, 0.25) is 10.0 Å². The molecule has 1 aliphatic rings. The molecule has 0 bridgehead atoms. The molecule has 0 saturated carbocycles. The monoisotopic (exact) mass is 272 g/mol. The second-order valence-corrected chi connectivity index (χ2v) is 5.27. The number of rotatable bonds is 3. The lowest BCUT2D eigenvalue weighted by Gasteiger charge is -2.34. The highest BCUT2D eigenvalue weighted by Gasteiger charge is 2.15. The molecule has 1 saturated heterocycles. The fourth-order valence-electron chi connectivity index (χ4n) is 2.16. The first-order valence-electron chi connectivity index (χ1n) is 6.07. The number of likely N-dealkylation sites (N-methyl/N-ethyl adjacent to an activating group) is 1. The van der Waals surface area contributed by atoms with Crippen molar-refractivity contribution in [2.75, 3.05) is 32.7 Å². The second-order valence-electron chi connectivity index (χ2n) is 4.46. The Morgan fingerprint density at radius 2 is 1.65 bits per heavy atom. The number of nitrogens with zero attached hydrogens (tertiary/aromatic N) is 2. The molecular formula is C13H18Cl2N2. The molecule has 0 atom stereocenters. The lowest BCUT2D eigenvalue weighted by atomic mass is 10.2. The van der Waals surface area contributed by atoms with Crippen LogP contribution in [0.25, 0.3) is 0 Å². The molecule has 0 aliphatic carbocycles. The summed E-state index contributed by atoms with van der Waals surface area (Å²) in [7, 11) is 0. The van der Waals surface area contributed by atoms with Crippen LogP contribution in [0.4, 0.5) is 0 Å². The van der Waals surface area contributed by atoms with E-state index in [1.807, 2.05) is 12.1 Å². The first kappa shape index (κ1) is 13.2. The normalized spacial score (nSPS) is 18.5. The Hall–Kier alpha value is -0.280. The highest BCUT2D eigenvalue weighted by atomic mass is 35.5. The molecule has 1 aliphatic heterocycles. The van der Waals surface area contributed by atoms with E-state index in [2.05, 4.69) is 22.8 Å². The quantitative estimate of drug-likeness (QED) is 0.834. The number of benzene rings is 1. The number of hydrogen-bond acceptors (Lipinski definition) is 2. The fourth-order valence-corrected chi connectivity index (χ4v) is 2.48. The van der Waals surface area contributed by atoms with E-state index in [9.17, 15) is 0 Å². The third-order valence-corrected chi connectivity index (χ3v) is 4.04. The van der Waals surface area contributed by atoms with Crippen molar-refractivity contribution in [2.45, 2.75) is 13.5 Å². The molecule has 4 heteroatoms. The molecule has 94 valence electrons. The van der Waals surface area contributed by atoms with Crippen LogP contribution in [0.15, 0.2) is 18.2 Å². The van der Waals surface area contributed by atoms with Gasteiger partial charge in [0.15, 0.2) is 0 Å².